The van der Waals surface area contributed by atoms with Gasteiger partial charge < -0.3 is 18.9 Å². The molecule has 4 nitrogen and oxygen atoms in total. The van der Waals surface area contributed by atoms with Gasteiger partial charge >= 0.3 is 0 Å². The molecule has 0 bridgehead atoms. The van der Waals surface area contributed by atoms with Gasteiger partial charge in [0.1, 0.15) is 0 Å². The van der Waals surface area contributed by atoms with E-state index in [4.69, 9.17) is 18.9 Å². The fraction of sp³-hybridized carbons (Fsp3) is 0.760. The zero-order valence-corrected chi connectivity index (χ0v) is 19.1. The third-order valence-electron chi connectivity index (χ3n) is 7.57. The largest absolute Gasteiger partial charge is 0.380 e. The van der Waals surface area contributed by atoms with Gasteiger partial charge in [-0.3, -0.25) is 0 Å². The lowest BCUT2D eigenvalue weighted by molar-refractivity contribution is -0.241. The summed E-state index contributed by atoms with van der Waals surface area (Å²) in [6, 6.07) is 8.82. The van der Waals surface area contributed by atoms with Gasteiger partial charge in [-0.25, -0.2) is 0 Å². The Morgan fingerprint density at radius 2 is 1.59 bits per heavy atom. The zero-order chi connectivity index (χ0) is 21.0. The Bertz CT molecular complexity index is 622. The van der Waals surface area contributed by atoms with Gasteiger partial charge in [-0.15, -0.1) is 0 Å². The van der Waals surface area contributed by atoms with E-state index in [1.54, 1.807) is 0 Å². The number of hydrogen-bond donors (Lipinski definition) is 0. The van der Waals surface area contributed by atoms with E-state index < -0.39 is 0 Å². The monoisotopic (exact) mass is 404 g/mol. The molecule has 2 aliphatic heterocycles. The van der Waals surface area contributed by atoms with Crippen LogP contribution in [-0.2, 0) is 32.0 Å². The zero-order valence-electron chi connectivity index (χ0n) is 19.1. The van der Waals surface area contributed by atoms with E-state index in [0.29, 0.717) is 6.61 Å². The van der Waals surface area contributed by atoms with Crippen molar-refractivity contribution in [3.05, 3.63) is 35.4 Å². The average Bonchev–Trinajstić information content (AvgIpc) is 2.66. The van der Waals surface area contributed by atoms with Gasteiger partial charge in [-0.2, -0.15) is 0 Å². The van der Waals surface area contributed by atoms with E-state index in [0.717, 1.165) is 58.7 Å². The molecule has 2 saturated heterocycles. The molecule has 2 fully saturated rings. The Balaban J connectivity index is 1.48. The van der Waals surface area contributed by atoms with Crippen LogP contribution in [0.3, 0.4) is 0 Å². The molecular weight excluding hydrogens is 364 g/mol. The van der Waals surface area contributed by atoms with E-state index in [1.165, 1.54) is 11.1 Å². The van der Waals surface area contributed by atoms with E-state index in [9.17, 15) is 0 Å². The summed E-state index contributed by atoms with van der Waals surface area (Å²) in [6.07, 6.45) is 4.37. The molecule has 2 aliphatic rings. The molecule has 3 rings (SSSR count). The van der Waals surface area contributed by atoms with Crippen molar-refractivity contribution in [1.82, 2.24) is 0 Å². The summed E-state index contributed by atoms with van der Waals surface area (Å²) < 4.78 is 23.5. The van der Waals surface area contributed by atoms with Crippen molar-refractivity contribution in [3.63, 3.8) is 0 Å². The molecule has 2 heterocycles. The Morgan fingerprint density at radius 3 is 2.03 bits per heavy atom. The summed E-state index contributed by atoms with van der Waals surface area (Å²) in [4.78, 5) is 0. The first-order valence-corrected chi connectivity index (χ1v) is 11.4. The van der Waals surface area contributed by atoms with Crippen molar-refractivity contribution in [1.29, 1.82) is 0 Å². The molecule has 4 heteroatoms. The third-order valence-corrected chi connectivity index (χ3v) is 7.57. The van der Waals surface area contributed by atoms with Gasteiger partial charge in [0.05, 0.1) is 51.3 Å². The van der Waals surface area contributed by atoms with Crippen LogP contribution >= 0.6 is 0 Å². The Morgan fingerprint density at radius 1 is 0.966 bits per heavy atom. The Hall–Kier alpha value is -0.940. The van der Waals surface area contributed by atoms with Gasteiger partial charge in [0.25, 0.3) is 0 Å². The summed E-state index contributed by atoms with van der Waals surface area (Å²) >= 11 is 0. The van der Waals surface area contributed by atoms with Crippen molar-refractivity contribution >= 4 is 0 Å². The van der Waals surface area contributed by atoms with Crippen molar-refractivity contribution in [2.45, 2.75) is 78.6 Å². The normalized spacial score (nSPS) is 22.9. The molecule has 2 atom stereocenters. The Kier molecular flexibility index (Phi) is 7.42. The molecule has 0 saturated carbocycles. The van der Waals surface area contributed by atoms with Crippen LogP contribution in [0.4, 0.5) is 0 Å². The van der Waals surface area contributed by atoms with E-state index >= 15 is 0 Å². The lowest BCUT2D eigenvalue weighted by Gasteiger charge is -2.53. The summed E-state index contributed by atoms with van der Waals surface area (Å²) in [6.45, 7) is 15.9. The fourth-order valence-corrected chi connectivity index (χ4v) is 4.37. The molecular formula is C25H40O4. The minimum Gasteiger partial charge on any atom is -0.380 e. The molecule has 1 aromatic carbocycles. The minimum atomic E-state index is -0.137. The average molecular weight is 405 g/mol. The van der Waals surface area contributed by atoms with Crippen LogP contribution in [0.1, 0.15) is 65.0 Å². The van der Waals surface area contributed by atoms with Crippen LogP contribution in [-0.4, -0.2) is 44.7 Å². The van der Waals surface area contributed by atoms with E-state index in [1.807, 2.05) is 0 Å². The first-order valence-electron chi connectivity index (χ1n) is 11.4. The summed E-state index contributed by atoms with van der Waals surface area (Å²) in [5, 5.41) is 0. The highest BCUT2D eigenvalue weighted by Crippen LogP contribution is 2.46. The quantitative estimate of drug-likeness (QED) is 0.481. The van der Waals surface area contributed by atoms with Crippen LogP contribution < -0.4 is 0 Å². The molecule has 0 aliphatic carbocycles. The first-order chi connectivity index (χ1) is 13.9. The fourth-order valence-electron chi connectivity index (χ4n) is 4.37. The van der Waals surface area contributed by atoms with Crippen LogP contribution in [0.15, 0.2) is 24.3 Å². The maximum absolute atomic E-state index is 6.47. The number of hydrogen-bond acceptors (Lipinski definition) is 4. The van der Waals surface area contributed by atoms with Crippen molar-refractivity contribution in [3.8, 4) is 0 Å². The van der Waals surface area contributed by atoms with Gasteiger partial charge in [0.2, 0.25) is 0 Å². The topological polar surface area (TPSA) is 36.9 Å². The van der Waals surface area contributed by atoms with Gasteiger partial charge in [0, 0.05) is 10.8 Å². The summed E-state index contributed by atoms with van der Waals surface area (Å²) in [5.74, 6) is 0. The highest BCUT2D eigenvalue weighted by molar-refractivity contribution is 5.22. The summed E-state index contributed by atoms with van der Waals surface area (Å²) in [5.41, 5.74) is 2.82. The second kappa shape index (κ2) is 9.47. The molecule has 29 heavy (non-hydrogen) atoms. The maximum Gasteiger partial charge on any atom is 0.0756 e. The molecule has 0 spiro atoms. The second-order valence-corrected chi connectivity index (χ2v) is 9.49. The molecule has 1 aromatic rings. The standard InChI is InChI=1S/C25H40O4/c1-6-23(5,25(8-3)18-27-19-25)29-14-22-11-9-21(10-12-22)13-20(4)28-17-24(7-2)15-26-16-24/h9-12,20H,6-8,13-19H2,1-5H3. The van der Waals surface area contributed by atoms with Crippen LogP contribution in [0.5, 0.6) is 0 Å². The minimum absolute atomic E-state index is 0.137. The lowest BCUT2D eigenvalue weighted by atomic mass is 9.67. The predicted molar refractivity (Wildman–Crippen MR) is 116 cm³/mol. The van der Waals surface area contributed by atoms with Gasteiger partial charge in [0.15, 0.2) is 0 Å². The smallest absolute Gasteiger partial charge is 0.0756 e. The van der Waals surface area contributed by atoms with Crippen molar-refractivity contribution in [2.24, 2.45) is 10.8 Å². The van der Waals surface area contributed by atoms with E-state index in [-0.39, 0.29) is 22.5 Å². The molecule has 0 aromatic heterocycles. The predicted octanol–water partition coefficient (Wildman–Crippen LogP) is 5.17. The Labute approximate surface area is 177 Å². The molecule has 0 N–H and O–H groups in total. The van der Waals surface area contributed by atoms with Gasteiger partial charge in [-0.1, -0.05) is 45.0 Å². The molecule has 164 valence electrons. The molecule has 0 radical (unpaired) electrons. The van der Waals surface area contributed by atoms with E-state index in [2.05, 4.69) is 58.9 Å². The van der Waals surface area contributed by atoms with Crippen molar-refractivity contribution in [2.75, 3.05) is 33.0 Å². The highest BCUT2D eigenvalue weighted by Gasteiger charge is 2.52. The highest BCUT2D eigenvalue weighted by atomic mass is 16.5. The number of rotatable bonds is 12. The lowest BCUT2D eigenvalue weighted by Crippen LogP contribution is -2.59. The third kappa shape index (κ3) is 4.87. The first kappa shape index (κ1) is 22.7. The van der Waals surface area contributed by atoms with Gasteiger partial charge in [-0.05, 0) is 50.7 Å². The van der Waals surface area contributed by atoms with Crippen LogP contribution in [0.25, 0.3) is 0 Å². The number of benzene rings is 1. The van der Waals surface area contributed by atoms with Crippen LogP contribution in [0, 0.1) is 10.8 Å². The second-order valence-electron chi connectivity index (χ2n) is 9.49. The molecule has 2 unspecified atom stereocenters. The van der Waals surface area contributed by atoms with Crippen LogP contribution in [0.2, 0.25) is 0 Å². The SMILES string of the molecule is CCC1(COC(C)Cc2ccc(COC(C)(CC)C3(CC)COC3)cc2)COC1. The van der Waals surface area contributed by atoms with Crippen molar-refractivity contribution < 1.29 is 18.9 Å². The molecule has 0 amide bonds. The number of ether oxygens (including phenoxy) is 4. The summed E-state index contributed by atoms with van der Waals surface area (Å²) in [7, 11) is 0. The maximum atomic E-state index is 6.47.